The van der Waals surface area contributed by atoms with E-state index in [-0.39, 0.29) is 0 Å². The van der Waals surface area contributed by atoms with Crippen molar-refractivity contribution in [3.63, 3.8) is 0 Å². The van der Waals surface area contributed by atoms with Gasteiger partial charge in [0.05, 0.1) is 12.2 Å². The number of hydrogen-bond donors (Lipinski definition) is 0. The van der Waals surface area contributed by atoms with Crippen molar-refractivity contribution in [2.24, 2.45) is 5.92 Å². The predicted molar refractivity (Wildman–Crippen MR) is 122 cm³/mol. The number of pyridine rings is 1. The van der Waals surface area contributed by atoms with E-state index >= 15 is 0 Å². The lowest BCUT2D eigenvalue weighted by Crippen LogP contribution is -2.45. The topological polar surface area (TPSA) is 31.8 Å². The molecule has 1 saturated carbocycles. The molecule has 2 heterocycles. The zero-order chi connectivity index (χ0) is 20.5. The van der Waals surface area contributed by atoms with Crippen molar-refractivity contribution in [2.45, 2.75) is 18.9 Å². The summed E-state index contributed by atoms with van der Waals surface area (Å²) in [5.41, 5.74) is 2.11. The molecule has 2 aromatic carbocycles. The monoisotopic (exact) mass is 400 g/mol. The Morgan fingerprint density at radius 1 is 1.00 bits per heavy atom. The molecule has 0 bridgehead atoms. The summed E-state index contributed by atoms with van der Waals surface area (Å²) in [5, 5.41) is 1.12. The van der Waals surface area contributed by atoms with Gasteiger partial charge < -0.3 is 19.4 Å². The molecule has 1 aromatic heterocycles. The van der Waals surface area contributed by atoms with Gasteiger partial charge in [-0.2, -0.15) is 0 Å². The first-order valence-electron chi connectivity index (χ1n) is 10.6. The Balaban J connectivity index is 1.27. The zero-order valence-corrected chi connectivity index (χ0v) is 17.6. The molecular formula is C25H28N4O. The first kappa shape index (κ1) is 18.9. The number of anilines is 1. The summed E-state index contributed by atoms with van der Waals surface area (Å²) >= 11 is 0. The molecule has 0 saturated heterocycles. The fourth-order valence-electron chi connectivity index (χ4n) is 4.41. The number of fused-ring (bicyclic) bond motifs is 1. The molecule has 5 nitrogen and oxygen atoms in total. The maximum atomic E-state index is 5.91. The van der Waals surface area contributed by atoms with Crippen LogP contribution in [0.4, 0.5) is 5.69 Å². The van der Waals surface area contributed by atoms with Crippen LogP contribution >= 0.6 is 0 Å². The van der Waals surface area contributed by atoms with Crippen LogP contribution in [0, 0.1) is 5.92 Å². The van der Waals surface area contributed by atoms with E-state index in [1.165, 1.54) is 19.4 Å². The van der Waals surface area contributed by atoms with Crippen LogP contribution in [0.3, 0.4) is 0 Å². The molecule has 3 aromatic rings. The molecule has 2 aliphatic rings. The molecule has 0 N–H and O–H groups in total. The molecule has 5 rings (SSSR count). The van der Waals surface area contributed by atoms with E-state index in [1.54, 1.807) is 0 Å². The molecule has 0 amide bonds. The number of para-hydroxylation sites is 1. The highest BCUT2D eigenvalue weighted by atomic mass is 16.5. The summed E-state index contributed by atoms with van der Waals surface area (Å²) in [6, 6.07) is 20.9. The second-order valence-electron chi connectivity index (χ2n) is 8.62. The fourth-order valence-corrected chi connectivity index (χ4v) is 4.41. The van der Waals surface area contributed by atoms with Crippen LogP contribution in [-0.4, -0.2) is 48.1 Å². The Morgan fingerprint density at radius 3 is 2.60 bits per heavy atom. The van der Waals surface area contributed by atoms with Crippen LogP contribution in [-0.2, 0) is 0 Å². The minimum Gasteiger partial charge on any atom is -0.439 e. The third kappa shape index (κ3) is 3.98. The maximum Gasteiger partial charge on any atom is 0.219 e. The summed E-state index contributed by atoms with van der Waals surface area (Å²) in [4.78, 5) is 11.8. The second-order valence-corrected chi connectivity index (χ2v) is 8.62. The fraction of sp³-hybridized carbons (Fsp3) is 0.320. The van der Waals surface area contributed by atoms with Crippen molar-refractivity contribution < 1.29 is 4.74 Å². The number of aromatic nitrogens is 1. The molecule has 1 aliphatic heterocycles. The quantitative estimate of drug-likeness (QED) is 0.586. The van der Waals surface area contributed by atoms with Crippen LogP contribution in [0.25, 0.3) is 10.9 Å². The minimum atomic E-state index is 0.617. The summed E-state index contributed by atoms with van der Waals surface area (Å²) in [6.07, 6.45) is 7.00. The Kier molecular flexibility index (Phi) is 5.05. The van der Waals surface area contributed by atoms with E-state index in [0.29, 0.717) is 11.9 Å². The standard InChI is InChI=1S/C25H28N4O/c1-27(2)17-19-14-22(15-19)29-13-12-28(18-29)21-10-8-20-9-11-25(26-24(20)16-21)30-23-6-4-3-5-7-23/h3-13,16,19,22H,14-15,17-18H2,1-2H3. The Morgan fingerprint density at radius 2 is 1.80 bits per heavy atom. The van der Waals surface area contributed by atoms with Gasteiger partial charge >= 0.3 is 0 Å². The third-order valence-electron chi connectivity index (χ3n) is 6.00. The van der Waals surface area contributed by atoms with Crippen molar-refractivity contribution in [2.75, 3.05) is 32.2 Å². The predicted octanol–water partition coefficient (Wildman–Crippen LogP) is 4.92. The lowest BCUT2D eigenvalue weighted by Gasteiger charge is -2.42. The normalized spacial score (nSPS) is 20.8. The number of rotatable bonds is 6. The van der Waals surface area contributed by atoms with Gasteiger partial charge in [0.25, 0.3) is 0 Å². The Bertz CT molecular complexity index is 1040. The summed E-state index contributed by atoms with van der Waals surface area (Å²) in [7, 11) is 4.32. The van der Waals surface area contributed by atoms with Gasteiger partial charge in [-0.05, 0) is 63.2 Å². The average molecular weight is 401 g/mol. The van der Waals surface area contributed by atoms with Gasteiger partial charge in [0.1, 0.15) is 5.75 Å². The van der Waals surface area contributed by atoms with E-state index < -0.39 is 0 Å². The van der Waals surface area contributed by atoms with Crippen LogP contribution in [0.15, 0.2) is 73.1 Å². The smallest absolute Gasteiger partial charge is 0.219 e. The van der Waals surface area contributed by atoms with Crippen LogP contribution in [0.1, 0.15) is 12.8 Å². The molecule has 1 aliphatic carbocycles. The summed E-state index contributed by atoms with van der Waals surface area (Å²) in [5.74, 6) is 2.25. The van der Waals surface area contributed by atoms with Crippen molar-refractivity contribution in [3.8, 4) is 11.6 Å². The SMILES string of the molecule is CN(C)CC1CC(N2C=CN(c3ccc4ccc(Oc5ccccc5)nc4c3)C2)C1. The van der Waals surface area contributed by atoms with E-state index in [9.17, 15) is 0 Å². The molecule has 5 heteroatoms. The Hall–Kier alpha value is -3.05. The van der Waals surface area contributed by atoms with Gasteiger partial charge in [0.15, 0.2) is 0 Å². The van der Waals surface area contributed by atoms with Gasteiger partial charge in [0.2, 0.25) is 5.88 Å². The molecule has 0 radical (unpaired) electrons. The van der Waals surface area contributed by atoms with Crippen molar-refractivity contribution in [1.82, 2.24) is 14.8 Å². The van der Waals surface area contributed by atoms with Gasteiger partial charge in [-0.3, -0.25) is 0 Å². The van der Waals surface area contributed by atoms with Crippen LogP contribution in [0.2, 0.25) is 0 Å². The largest absolute Gasteiger partial charge is 0.439 e. The number of benzene rings is 2. The van der Waals surface area contributed by atoms with Crippen molar-refractivity contribution in [3.05, 3.63) is 73.1 Å². The van der Waals surface area contributed by atoms with Crippen LogP contribution < -0.4 is 9.64 Å². The molecule has 0 spiro atoms. The molecule has 0 unspecified atom stereocenters. The minimum absolute atomic E-state index is 0.617. The van der Waals surface area contributed by atoms with E-state index in [1.807, 2.05) is 36.4 Å². The third-order valence-corrected chi connectivity index (χ3v) is 6.00. The van der Waals surface area contributed by atoms with Crippen molar-refractivity contribution >= 4 is 16.6 Å². The van der Waals surface area contributed by atoms with Crippen molar-refractivity contribution in [1.29, 1.82) is 0 Å². The Labute approximate surface area is 178 Å². The second kappa shape index (κ2) is 8.00. The highest BCUT2D eigenvalue weighted by Gasteiger charge is 2.34. The van der Waals surface area contributed by atoms with E-state index in [2.05, 4.69) is 65.5 Å². The molecule has 30 heavy (non-hydrogen) atoms. The van der Waals surface area contributed by atoms with E-state index in [4.69, 9.17) is 9.72 Å². The highest BCUT2D eigenvalue weighted by molar-refractivity contribution is 5.83. The molecule has 1 fully saturated rings. The maximum absolute atomic E-state index is 5.91. The lowest BCUT2D eigenvalue weighted by atomic mass is 9.79. The zero-order valence-electron chi connectivity index (χ0n) is 17.6. The van der Waals surface area contributed by atoms with Gasteiger partial charge in [-0.1, -0.05) is 24.3 Å². The molecular weight excluding hydrogens is 372 g/mol. The first-order valence-corrected chi connectivity index (χ1v) is 10.6. The summed E-state index contributed by atoms with van der Waals surface area (Å²) < 4.78 is 5.91. The van der Waals surface area contributed by atoms with E-state index in [0.717, 1.165) is 34.9 Å². The lowest BCUT2D eigenvalue weighted by molar-refractivity contribution is 0.105. The van der Waals surface area contributed by atoms with Gasteiger partial charge in [0, 0.05) is 42.1 Å². The number of nitrogens with zero attached hydrogens (tertiary/aromatic N) is 4. The first-order chi connectivity index (χ1) is 14.6. The molecule has 0 atom stereocenters. The summed E-state index contributed by atoms with van der Waals surface area (Å²) in [6.45, 7) is 2.10. The number of hydrogen-bond acceptors (Lipinski definition) is 5. The molecule has 154 valence electrons. The van der Waals surface area contributed by atoms with Crippen LogP contribution in [0.5, 0.6) is 11.6 Å². The highest BCUT2D eigenvalue weighted by Crippen LogP contribution is 2.35. The average Bonchev–Trinajstić information content (AvgIpc) is 3.20. The van der Waals surface area contributed by atoms with Gasteiger partial charge in [-0.25, -0.2) is 4.98 Å². The van der Waals surface area contributed by atoms with Gasteiger partial charge in [-0.15, -0.1) is 0 Å². The number of ether oxygens (including phenoxy) is 1.